The van der Waals surface area contributed by atoms with Gasteiger partial charge in [-0.25, -0.2) is 8.42 Å². The molecular weight excluding hydrogens is 322 g/mol. The molecule has 1 aliphatic rings. The van der Waals surface area contributed by atoms with Crippen molar-refractivity contribution in [3.05, 3.63) is 70.1 Å². The summed E-state index contributed by atoms with van der Waals surface area (Å²) in [6.07, 6.45) is 0. The second-order valence-electron chi connectivity index (χ2n) is 4.88. The van der Waals surface area contributed by atoms with Gasteiger partial charge < -0.3 is 5.32 Å². The monoisotopic (exact) mass is 333 g/mol. The smallest absolute Gasteiger partial charge is 0.252 e. The van der Waals surface area contributed by atoms with Gasteiger partial charge in [-0.05, 0) is 23.8 Å². The highest BCUT2D eigenvalue weighted by molar-refractivity contribution is 7.95. The highest BCUT2D eigenvalue weighted by Crippen LogP contribution is 2.33. The van der Waals surface area contributed by atoms with Crippen LogP contribution in [0.3, 0.4) is 0 Å². The number of amides is 1. The quantitative estimate of drug-likeness (QED) is 0.939. The van der Waals surface area contributed by atoms with Gasteiger partial charge in [-0.2, -0.15) is 0 Å². The van der Waals surface area contributed by atoms with E-state index in [1.165, 1.54) is 6.07 Å². The molecule has 112 valence electrons. The van der Waals surface area contributed by atoms with Crippen LogP contribution in [0, 0.1) is 0 Å². The number of sulfone groups is 1. The molecule has 6 heteroatoms. The minimum atomic E-state index is -3.53. The Hall–Kier alpha value is -2.11. The first-order chi connectivity index (χ1) is 10.5. The number of carbonyl (C=O) groups is 1. The molecule has 0 aromatic heterocycles. The summed E-state index contributed by atoms with van der Waals surface area (Å²) in [5.74, 6) is -0.413. The molecule has 0 atom stereocenters. The van der Waals surface area contributed by atoms with E-state index in [1.54, 1.807) is 42.5 Å². The summed E-state index contributed by atoms with van der Waals surface area (Å²) >= 11 is 5.80. The lowest BCUT2D eigenvalue weighted by Crippen LogP contribution is -2.23. The van der Waals surface area contributed by atoms with Gasteiger partial charge in [0.05, 0.1) is 10.5 Å². The summed E-state index contributed by atoms with van der Waals surface area (Å²) in [5.41, 5.74) is 1.49. The van der Waals surface area contributed by atoms with E-state index < -0.39 is 15.7 Å². The maximum atomic E-state index is 12.3. The van der Waals surface area contributed by atoms with Crippen LogP contribution >= 0.6 is 11.6 Å². The number of carbonyl (C=O) groups excluding carboxylic acids is 1. The normalized spacial score (nSPS) is 15.0. The van der Waals surface area contributed by atoms with Crippen molar-refractivity contribution in [2.24, 2.45) is 0 Å². The van der Waals surface area contributed by atoms with Crippen molar-refractivity contribution >= 4 is 32.9 Å². The molecule has 1 amide bonds. The number of nitrogens with one attached hydrogen (secondary N) is 1. The molecule has 1 heterocycles. The fourth-order valence-electron chi connectivity index (χ4n) is 2.28. The predicted octanol–water partition coefficient (Wildman–Crippen LogP) is 2.78. The van der Waals surface area contributed by atoms with Crippen molar-refractivity contribution < 1.29 is 13.2 Å². The van der Waals surface area contributed by atoms with Crippen molar-refractivity contribution in [3.8, 4) is 0 Å². The van der Waals surface area contributed by atoms with Crippen molar-refractivity contribution in [2.45, 2.75) is 11.4 Å². The van der Waals surface area contributed by atoms with E-state index in [9.17, 15) is 13.2 Å². The van der Waals surface area contributed by atoms with E-state index in [1.807, 2.05) is 0 Å². The standard InChI is InChI=1S/C16H12ClNO3S/c17-12-7-5-11(6-8-12)9-18-16(19)14-10-22(20,21)15-4-2-1-3-13(14)15/h1-8,10H,9H2,(H,18,19). The number of hydrogen-bond donors (Lipinski definition) is 1. The van der Waals surface area contributed by atoms with Crippen LogP contribution in [0.1, 0.15) is 11.1 Å². The van der Waals surface area contributed by atoms with Gasteiger partial charge in [0.15, 0.2) is 0 Å². The Morgan fingerprint density at radius 3 is 2.45 bits per heavy atom. The number of hydrogen-bond acceptors (Lipinski definition) is 3. The second kappa shape index (κ2) is 5.59. The van der Waals surface area contributed by atoms with Gasteiger partial charge in [-0.1, -0.05) is 41.9 Å². The van der Waals surface area contributed by atoms with Crippen molar-refractivity contribution in [1.82, 2.24) is 5.32 Å². The van der Waals surface area contributed by atoms with Crippen molar-refractivity contribution in [3.63, 3.8) is 0 Å². The summed E-state index contributed by atoms with van der Waals surface area (Å²) in [5, 5.41) is 4.37. The Morgan fingerprint density at radius 1 is 1.05 bits per heavy atom. The lowest BCUT2D eigenvalue weighted by molar-refractivity contribution is -0.115. The Bertz CT molecular complexity index is 871. The third-order valence-electron chi connectivity index (χ3n) is 3.37. The highest BCUT2D eigenvalue weighted by Gasteiger charge is 2.29. The second-order valence-corrected chi connectivity index (χ2v) is 7.08. The van der Waals surface area contributed by atoms with Gasteiger partial charge in [-0.3, -0.25) is 4.79 Å². The number of benzene rings is 2. The Morgan fingerprint density at radius 2 is 1.73 bits per heavy atom. The summed E-state index contributed by atoms with van der Waals surface area (Å²) in [4.78, 5) is 12.4. The molecule has 22 heavy (non-hydrogen) atoms. The number of halogens is 1. The molecule has 0 saturated heterocycles. The first-order valence-electron chi connectivity index (χ1n) is 6.56. The van der Waals surface area contributed by atoms with E-state index in [2.05, 4.69) is 5.32 Å². The average Bonchev–Trinajstić information content (AvgIpc) is 2.79. The van der Waals surface area contributed by atoms with Gasteiger partial charge >= 0.3 is 0 Å². The predicted molar refractivity (Wildman–Crippen MR) is 84.9 cm³/mol. The lowest BCUT2D eigenvalue weighted by atomic mass is 10.1. The molecule has 4 nitrogen and oxygen atoms in total. The van der Waals surface area contributed by atoms with Crippen molar-refractivity contribution in [1.29, 1.82) is 0 Å². The minimum Gasteiger partial charge on any atom is -0.348 e. The third-order valence-corrected chi connectivity index (χ3v) is 5.13. The molecule has 0 bridgehead atoms. The largest absolute Gasteiger partial charge is 0.348 e. The highest BCUT2D eigenvalue weighted by atomic mass is 35.5. The maximum Gasteiger partial charge on any atom is 0.252 e. The van der Waals surface area contributed by atoms with E-state index in [-0.39, 0.29) is 10.5 Å². The lowest BCUT2D eigenvalue weighted by Gasteiger charge is -2.07. The molecule has 2 aromatic rings. The van der Waals surface area contributed by atoms with Crippen LogP contribution in [0.15, 0.2) is 58.8 Å². The van der Waals surface area contributed by atoms with Gasteiger partial charge in [0.2, 0.25) is 9.84 Å². The zero-order valence-corrected chi connectivity index (χ0v) is 13.0. The van der Waals surface area contributed by atoms with E-state index >= 15 is 0 Å². The van der Waals surface area contributed by atoms with E-state index in [4.69, 9.17) is 11.6 Å². The Balaban J connectivity index is 1.80. The molecule has 1 N–H and O–H groups in total. The number of rotatable bonds is 3. The van der Waals surface area contributed by atoms with Crippen LogP contribution in [0.25, 0.3) is 5.57 Å². The van der Waals surface area contributed by atoms with Gasteiger partial charge in [-0.15, -0.1) is 0 Å². The minimum absolute atomic E-state index is 0.171. The topological polar surface area (TPSA) is 63.2 Å². The molecule has 0 unspecified atom stereocenters. The van der Waals surface area contributed by atoms with E-state index in [0.717, 1.165) is 11.0 Å². The van der Waals surface area contributed by atoms with Gasteiger partial charge in [0.25, 0.3) is 5.91 Å². The molecule has 0 saturated carbocycles. The average molecular weight is 334 g/mol. The molecule has 3 rings (SSSR count). The summed E-state index contributed by atoms with van der Waals surface area (Å²) < 4.78 is 24.0. The van der Waals surface area contributed by atoms with Crippen LogP contribution in [0.4, 0.5) is 0 Å². The first-order valence-corrected chi connectivity index (χ1v) is 8.49. The molecule has 0 radical (unpaired) electrons. The zero-order valence-electron chi connectivity index (χ0n) is 11.4. The Labute approximate surface area is 133 Å². The molecule has 2 aromatic carbocycles. The van der Waals surface area contributed by atoms with Gasteiger partial charge in [0.1, 0.15) is 0 Å². The summed E-state index contributed by atoms with van der Waals surface area (Å²) in [6, 6.07) is 13.6. The van der Waals surface area contributed by atoms with Gasteiger partial charge in [0, 0.05) is 22.5 Å². The van der Waals surface area contributed by atoms with Crippen LogP contribution in [-0.4, -0.2) is 14.3 Å². The summed E-state index contributed by atoms with van der Waals surface area (Å²) in [7, 11) is -3.53. The van der Waals surface area contributed by atoms with Crippen molar-refractivity contribution in [2.75, 3.05) is 0 Å². The summed E-state index contributed by atoms with van der Waals surface area (Å²) in [6.45, 7) is 0.301. The Kier molecular flexibility index (Phi) is 3.76. The van der Waals surface area contributed by atoms with Crippen LogP contribution in [0.5, 0.6) is 0 Å². The molecule has 0 spiro atoms. The SMILES string of the molecule is O=C(NCc1ccc(Cl)cc1)C1=CS(=O)(=O)c2ccccc21. The maximum absolute atomic E-state index is 12.3. The number of fused-ring (bicyclic) bond motifs is 1. The zero-order chi connectivity index (χ0) is 15.7. The van der Waals surface area contributed by atoms with E-state index in [0.29, 0.717) is 17.1 Å². The third kappa shape index (κ3) is 2.77. The fourth-order valence-corrected chi connectivity index (χ4v) is 3.83. The molecular formula is C16H12ClNO3S. The molecule has 1 aliphatic heterocycles. The van der Waals surface area contributed by atoms with Crippen LogP contribution in [0.2, 0.25) is 5.02 Å². The van der Waals surface area contributed by atoms with Crippen LogP contribution < -0.4 is 5.32 Å². The van der Waals surface area contributed by atoms with Crippen LogP contribution in [-0.2, 0) is 21.2 Å². The molecule has 0 fully saturated rings. The fraction of sp³-hybridized carbons (Fsp3) is 0.0625. The molecule has 0 aliphatic carbocycles. The first kappa shape index (κ1) is 14.8.